The first-order chi connectivity index (χ1) is 27.3. The summed E-state index contributed by atoms with van der Waals surface area (Å²) in [5, 5.41) is 9.58. The molecule has 7 aliphatic rings. The van der Waals surface area contributed by atoms with Crippen molar-refractivity contribution in [2.24, 2.45) is 39.4 Å². The quantitative estimate of drug-likeness (QED) is 0.214. The normalized spacial score (nSPS) is 33.0. The van der Waals surface area contributed by atoms with Gasteiger partial charge >= 0.3 is 259 Å². The van der Waals surface area contributed by atoms with E-state index >= 15 is 4.79 Å². The number of carbonyl (C=O) groups excluding carboxylic acids is 5. The molecule has 14 heteroatoms. The van der Waals surface area contributed by atoms with E-state index in [4.69, 9.17) is 0 Å². The first-order valence-electron chi connectivity index (χ1n) is 22.8. The second kappa shape index (κ2) is 16.3. The molecule has 3 aliphatic heterocycles. The number of likely N-dealkylation sites (N-methyl/N-ethyl adjacent to an activating group) is 1. The van der Waals surface area contributed by atoms with Gasteiger partial charge in [-0.25, -0.2) is 0 Å². The first kappa shape index (κ1) is 43.9. The molecule has 0 bridgehead atoms. The summed E-state index contributed by atoms with van der Waals surface area (Å²) in [4.78, 5) is 76.5. The predicted octanol–water partition coefficient (Wildman–Crippen LogP) is 4.02. The minimum atomic E-state index is -3.62. The number of carbonyl (C=O) groups is 5. The first-order valence-corrected chi connectivity index (χ1v) is 26.7. The average molecular weight is 915 g/mol. The Morgan fingerprint density at radius 3 is 1.95 bits per heavy atom. The summed E-state index contributed by atoms with van der Waals surface area (Å²) < 4.78 is 18.2. The zero-order valence-corrected chi connectivity index (χ0v) is 39.6. The van der Waals surface area contributed by atoms with Gasteiger partial charge in [0, 0.05) is 0 Å². The van der Waals surface area contributed by atoms with Crippen LogP contribution in [0.3, 0.4) is 0 Å². The molecule has 13 nitrogen and oxygen atoms in total. The number of fused-ring (bicyclic) bond motifs is 1. The SMILES string of the molecule is CC(C)[C@@H]1C[C@]1(NC(=O)[C@@H]1C[C@@]2(CN1C(=O)[C@@H](NC(=O)[C@@H](NC(=O)[C@@H]1CCCCN1C)C1CCCCC1)C(C)(C)C)C(C)(C)C21CCC1)C(=O)[NH][Sn](=[O])[N]1CCCC1. The molecule has 7 atom stereocenters. The maximum absolute atomic E-state index is 15.3. The molecule has 0 aromatic rings. The fourth-order valence-corrected chi connectivity index (χ4v) is 16.4. The average Bonchev–Trinajstić information content (AvgIpc) is 3.65. The van der Waals surface area contributed by atoms with Gasteiger partial charge in [-0.2, -0.15) is 0 Å². The van der Waals surface area contributed by atoms with Crippen LogP contribution in [0.4, 0.5) is 0 Å². The number of hydrogen-bond acceptors (Lipinski definition) is 7. The molecule has 0 radical (unpaired) electrons. The van der Waals surface area contributed by atoms with Crippen LogP contribution in [0.15, 0.2) is 0 Å². The number of piperidine rings is 1. The van der Waals surface area contributed by atoms with E-state index in [-0.39, 0.29) is 69.6 Å². The van der Waals surface area contributed by atoms with Crippen LogP contribution in [-0.4, -0.2) is 126 Å². The standard InChI is InChI=1S/C40H66N6O5.C4H8N.O.Sn/c1-24(2)26-21-40(26,35(41)51)44-32(48)28-22-39(37(6,7)38(39)18-14-19-38)23-46(28)34(50)30(36(3,4)5)43-33(49)29(25-15-10-9-11-16-25)42-31(47)27-17-12-13-20-45(27)8;1-2-4-5-3-1;;/h24-30H,9-23H2,1-8H3,(H5,41,42,43,44,47,48,49,51);1-4H2;;/q;-1;;+2/p-1/t26-,27-,28-,29-,30+,39+,40+;;;/m0.../s1. The van der Waals surface area contributed by atoms with Crippen LogP contribution in [-0.2, 0) is 27.0 Å². The second-order valence-corrected chi connectivity index (χ2v) is 25.7. The zero-order chi connectivity index (χ0) is 42.0. The fraction of sp³-hybridized carbons (Fsp3) is 0.886. The van der Waals surface area contributed by atoms with Gasteiger partial charge in [0.05, 0.1) is 6.04 Å². The van der Waals surface area contributed by atoms with Crippen molar-refractivity contribution in [1.82, 2.24) is 32.4 Å². The van der Waals surface area contributed by atoms with Crippen LogP contribution < -0.4 is 19.5 Å². The second-order valence-electron chi connectivity index (χ2n) is 21.5. The molecule has 3 heterocycles. The number of nitrogens with zero attached hydrogens (tertiary/aromatic N) is 3. The Kier molecular flexibility index (Phi) is 12.3. The molecule has 324 valence electrons. The van der Waals surface area contributed by atoms with E-state index in [9.17, 15) is 22.3 Å². The molecule has 7 rings (SSSR count). The van der Waals surface area contributed by atoms with Crippen molar-refractivity contribution in [1.29, 1.82) is 0 Å². The van der Waals surface area contributed by atoms with E-state index in [2.05, 4.69) is 38.2 Å². The van der Waals surface area contributed by atoms with Crippen molar-refractivity contribution in [2.45, 2.75) is 174 Å². The molecule has 0 unspecified atom stereocenters. The summed E-state index contributed by atoms with van der Waals surface area (Å²) in [7, 11) is 1.97. The molecular weight excluding hydrogens is 841 g/mol. The molecule has 2 spiro atoms. The van der Waals surface area contributed by atoms with E-state index in [1.165, 1.54) is 0 Å². The van der Waals surface area contributed by atoms with Crippen LogP contribution in [0.1, 0.15) is 145 Å². The molecule has 5 amide bonds. The Morgan fingerprint density at radius 2 is 1.40 bits per heavy atom. The fourth-order valence-electron chi connectivity index (χ4n) is 12.7. The Labute approximate surface area is 354 Å². The van der Waals surface area contributed by atoms with Crippen LogP contribution in [0.25, 0.3) is 0 Å². The van der Waals surface area contributed by atoms with Crippen molar-refractivity contribution in [3.63, 3.8) is 0 Å². The van der Waals surface area contributed by atoms with Crippen LogP contribution >= 0.6 is 0 Å². The maximum atomic E-state index is 15.3. The van der Waals surface area contributed by atoms with Crippen LogP contribution in [0, 0.1) is 39.4 Å². The van der Waals surface area contributed by atoms with E-state index in [1.54, 1.807) is 4.90 Å². The van der Waals surface area contributed by atoms with Gasteiger partial charge in [-0.1, -0.05) is 25.7 Å². The van der Waals surface area contributed by atoms with Crippen molar-refractivity contribution >= 4 is 49.8 Å². The summed E-state index contributed by atoms with van der Waals surface area (Å²) in [5.74, 6) is -1.50. The summed E-state index contributed by atoms with van der Waals surface area (Å²) in [6, 6.07) is -2.83. The third-order valence-corrected chi connectivity index (χ3v) is 20.9. The Morgan fingerprint density at radius 1 is 0.759 bits per heavy atom. The molecule has 0 aromatic heterocycles. The molecule has 7 fully saturated rings. The van der Waals surface area contributed by atoms with Gasteiger partial charge < -0.3 is 5.32 Å². The minimum absolute atomic E-state index is 0.0278. The number of rotatable bonds is 12. The molecular formula is C44H73N7O6Sn. The van der Waals surface area contributed by atoms with Gasteiger partial charge in [0.15, 0.2) is 0 Å². The topological polar surface area (TPSA) is 160 Å². The molecule has 4 N–H and O–H groups in total. The van der Waals surface area contributed by atoms with Gasteiger partial charge in [-0.05, 0) is 45.2 Å². The summed E-state index contributed by atoms with van der Waals surface area (Å²) in [5.41, 5.74) is -2.18. The molecule has 4 aliphatic carbocycles. The van der Waals surface area contributed by atoms with Crippen LogP contribution in [0.2, 0.25) is 0 Å². The van der Waals surface area contributed by atoms with E-state index in [0.717, 1.165) is 103 Å². The van der Waals surface area contributed by atoms with Gasteiger partial charge in [0.1, 0.15) is 0 Å². The molecule has 3 saturated heterocycles. The van der Waals surface area contributed by atoms with Gasteiger partial charge in [-0.3, -0.25) is 9.69 Å². The van der Waals surface area contributed by atoms with Crippen molar-refractivity contribution in [3.05, 3.63) is 0 Å². The summed E-state index contributed by atoms with van der Waals surface area (Å²) in [6.07, 6.45) is 13.7. The monoisotopic (exact) mass is 915 g/mol. The van der Waals surface area contributed by atoms with E-state index in [0.29, 0.717) is 19.4 Å². The van der Waals surface area contributed by atoms with Crippen LogP contribution in [0.5, 0.6) is 0 Å². The third-order valence-electron chi connectivity index (χ3n) is 16.8. The van der Waals surface area contributed by atoms with Gasteiger partial charge in [0.2, 0.25) is 5.91 Å². The number of nitrogens with one attached hydrogen (secondary N) is 4. The van der Waals surface area contributed by atoms with Crippen molar-refractivity contribution < 1.29 is 27.0 Å². The third kappa shape index (κ3) is 7.59. The Hall–Kier alpha value is -2.13. The van der Waals surface area contributed by atoms with E-state index < -0.39 is 49.4 Å². The van der Waals surface area contributed by atoms with Crippen molar-refractivity contribution in [2.75, 3.05) is 33.2 Å². The number of amides is 5. The van der Waals surface area contributed by atoms with Gasteiger partial charge in [-0.15, -0.1) is 0 Å². The Balaban J connectivity index is 1.15. The number of hydrogen-bond donors (Lipinski definition) is 4. The summed E-state index contributed by atoms with van der Waals surface area (Å²) >= 11 is -3.62. The molecule has 58 heavy (non-hydrogen) atoms. The predicted molar refractivity (Wildman–Crippen MR) is 222 cm³/mol. The van der Waals surface area contributed by atoms with Crippen molar-refractivity contribution in [3.8, 4) is 0 Å². The zero-order valence-electron chi connectivity index (χ0n) is 36.8. The number of likely N-dealkylation sites (tertiary alicyclic amines) is 2. The van der Waals surface area contributed by atoms with Gasteiger partial charge in [0.25, 0.3) is 0 Å². The molecule has 0 aromatic carbocycles. The Bertz CT molecular complexity index is 1650. The summed E-state index contributed by atoms with van der Waals surface area (Å²) in [6.45, 7) is 17.2. The van der Waals surface area contributed by atoms with E-state index in [1.807, 2.05) is 44.8 Å². The molecule has 4 saturated carbocycles.